The van der Waals surface area contributed by atoms with E-state index in [1.54, 1.807) is 0 Å². The van der Waals surface area contributed by atoms with Crippen molar-refractivity contribution in [1.82, 2.24) is 5.32 Å². The van der Waals surface area contributed by atoms with Crippen LogP contribution in [0, 0.1) is 18.2 Å². The van der Waals surface area contributed by atoms with Crippen molar-refractivity contribution in [3.8, 4) is 5.75 Å². The highest BCUT2D eigenvalue weighted by Crippen LogP contribution is 2.68. The van der Waals surface area contributed by atoms with Crippen LogP contribution >= 0.6 is 11.6 Å². The SMILES string of the molecule is Cc1ccc(COCC(=O)NC23CC(CC(=O)COc4ccc(Cl)c(F)c4)(C2)C3)cc1. The molecule has 1 amide bonds. The lowest BCUT2D eigenvalue weighted by Crippen LogP contribution is -2.75. The van der Waals surface area contributed by atoms with Gasteiger partial charge in [-0.1, -0.05) is 41.4 Å². The Kier molecular flexibility index (Phi) is 6.04. The number of Topliss-reactive ketones (excluding diaryl/α,β-unsaturated/α-hetero) is 1. The number of carbonyl (C=O) groups is 2. The molecule has 0 radical (unpaired) electrons. The van der Waals surface area contributed by atoms with Gasteiger partial charge in [-0.25, -0.2) is 4.39 Å². The maximum Gasteiger partial charge on any atom is 0.246 e. The fraction of sp³-hybridized carbons (Fsp3) is 0.417. The second kappa shape index (κ2) is 8.60. The average molecular weight is 446 g/mol. The van der Waals surface area contributed by atoms with Gasteiger partial charge in [0, 0.05) is 18.0 Å². The van der Waals surface area contributed by atoms with Crippen LogP contribution in [0.3, 0.4) is 0 Å². The second-order valence-corrected chi connectivity index (χ2v) is 9.32. The van der Waals surface area contributed by atoms with E-state index < -0.39 is 5.82 Å². The molecule has 0 aliphatic heterocycles. The molecule has 0 aromatic heterocycles. The summed E-state index contributed by atoms with van der Waals surface area (Å²) in [7, 11) is 0. The molecule has 164 valence electrons. The Bertz CT molecular complexity index is 972. The van der Waals surface area contributed by atoms with Gasteiger partial charge < -0.3 is 14.8 Å². The van der Waals surface area contributed by atoms with E-state index in [1.165, 1.54) is 23.8 Å². The maximum absolute atomic E-state index is 13.4. The van der Waals surface area contributed by atoms with Crippen LogP contribution in [-0.2, 0) is 20.9 Å². The summed E-state index contributed by atoms with van der Waals surface area (Å²) in [5.74, 6) is -0.454. The summed E-state index contributed by atoms with van der Waals surface area (Å²) in [5, 5.41) is 3.08. The highest BCUT2D eigenvalue weighted by Gasteiger charge is 2.68. The highest BCUT2D eigenvalue weighted by atomic mass is 35.5. The van der Waals surface area contributed by atoms with Crippen molar-refractivity contribution < 1.29 is 23.5 Å². The Morgan fingerprint density at radius 2 is 1.81 bits per heavy atom. The quantitative estimate of drug-likeness (QED) is 0.589. The lowest BCUT2D eigenvalue weighted by molar-refractivity contribution is -0.174. The monoisotopic (exact) mass is 445 g/mol. The van der Waals surface area contributed by atoms with E-state index >= 15 is 0 Å². The number of ether oxygens (including phenoxy) is 2. The van der Waals surface area contributed by atoms with E-state index in [1.807, 2.05) is 31.2 Å². The summed E-state index contributed by atoms with van der Waals surface area (Å²) in [6, 6.07) is 12.1. The first kappa shape index (κ1) is 21.8. The summed E-state index contributed by atoms with van der Waals surface area (Å²) in [6.45, 7) is 2.34. The zero-order valence-corrected chi connectivity index (χ0v) is 18.1. The van der Waals surface area contributed by atoms with Crippen LogP contribution in [0.15, 0.2) is 42.5 Å². The predicted octanol–water partition coefficient (Wildman–Crippen LogP) is 4.38. The molecule has 3 aliphatic carbocycles. The second-order valence-electron chi connectivity index (χ2n) is 8.92. The van der Waals surface area contributed by atoms with Crippen LogP contribution in [0.2, 0.25) is 5.02 Å². The molecule has 0 spiro atoms. The molecule has 3 fully saturated rings. The fourth-order valence-corrected chi connectivity index (χ4v) is 4.91. The highest BCUT2D eigenvalue weighted by molar-refractivity contribution is 6.30. The summed E-state index contributed by atoms with van der Waals surface area (Å²) in [4.78, 5) is 24.5. The number of aryl methyl sites for hydroxylation is 1. The van der Waals surface area contributed by atoms with E-state index in [0.29, 0.717) is 13.0 Å². The van der Waals surface area contributed by atoms with Crippen LogP contribution in [0.25, 0.3) is 0 Å². The number of nitrogens with one attached hydrogen (secondary N) is 1. The molecule has 5 rings (SSSR count). The largest absolute Gasteiger partial charge is 0.486 e. The normalized spacial score (nSPS) is 23.5. The van der Waals surface area contributed by atoms with E-state index in [4.69, 9.17) is 21.1 Å². The molecule has 31 heavy (non-hydrogen) atoms. The topological polar surface area (TPSA) is 64.6 Å². The maximum atomic E-state index is 13.4. The van der Waals surface area contributed by atoms with Crippen LogP contribution in [0.4, 0.5) is 4.39 Å². The molecule has 1 N–H and O–H groups in total. The molecular formula is C24H25ClFNO4. The Balaban J connectivity index is 1.14. The number of hydrogen-bond acceptors (Lipinski definition) is 4. The predicted molar refractivity (Wildman–Crippen MR) is 115 cm³/mol. The number of rotatable bonds is 10. The van der Waals surface area contributed by atoms with Gasteiger partial charge >= 0.3 is 0 Å². The molecule has 3 aliphatic rings. The van der Waals surface area contributed by atoms with E-state index in [-0.39, 0.29) is 46.6 Å². The van der Waals surface area contributed by atoms with Gasteiger partial charge in [0.05, 0.1) is 11.6 Å². The van der Waals surface area contributed by atoms with Gasteiger partial charge in [0.15, 0.2) is 5.78 Å². The Hall–Kier alpha value is -2.44. The van der Waals surface area contributed by atoms with Crippen LogP contribution in [0.5, 0.6) is 5.75 Å². The molecule has 7 heteroatoms. The van der Waals surface area contributed by atoms with Gasteiger partial charge in [0.25, 0.3) is 0 Å². The van der Waals surface area contributed by atoms with Gasteiger partial charge in [-0.2, -0.15) is 0 Å². The third kappa shape index (κ3) is 5.08. The zero-order chi connectivity index (χ0) is 22.1. The van der Waals surface area contributed by atoms with E-state index in [9.17, 15) is 14.0 Å². The molecule has 2 aromatic rings. The van der Waals surface area contributed by atoms with Crippen molar-refractivity contribution in [3.05, 3.63) is 64.4 Å². The smallest absolute Gasteiger partial charge is 0.246 e. The third-order valence-corrected chi connectivity index (χ3v) is 6.34. The van der Waals surface area contributed by atoms with Gasteiger partial charge in [-0.05, 0) is 49.3 Å². The zero-order valence-electron chi connectivity index (χ0n) is 17.4. The minimum Gasteiger partial charge on any atom is -0.486 e. The van der Waals surface area contributed by atoms with Crippen molar-refractivity contribution in [2.75, 3.05) is 13.2 Å². The number of ketones is 1. The lowest BCUT2D eigenvalue weighted by Gasteiger charge is -2.70. The average Bonchev–Trinajstić information content (AvgIpc) is 2.68. The standard InChI is InChI=1S/C24H25ClFNO4/c1-16-2-4-17(5-3-16)10-30-12-22(29)27-24-13-23(14-24,15-24)9-18(28)11-31-19-6-7-20(25)21(26)8-19/h2-8H,9-15H2,1H3,(H,27,29). The Morgan fingerprint density at radius 1 is 1.10 bits per heavy atom. The Labute approximate surface area is 185 Å². The molecule has 3 saturated carbocycles. The molecule has 0 atom stereocenters. The van der Waals surface area contributed by atoms with Crippen molar-refractivity contribution in [3.63, 3.8) is 0 Å². The van der Waals surface area contributed by atoms with Gasteiger partial charge in [0.1, 0.15) is 24.8 Å². The van der Waals surface area contributed by atoms with E-state index in [2.05, 4.69) is 5.32 Å². The van der Waals surface area contributed by atoms with Gasteiger partial charge in [-0.3, -0.25) is 9.59 Å². The minimum atomic E-state index is -0.577. The summed E-state index contributed by atoms with van der Waals surface area (Å²) < 4.78 is 24.3. The van der Waals surface area contributed by atoms with Crippen molar-refractivity contribution >= 4 is 23.3 Å². The third-order valence-electron chi connectivity index (χ3n) is 6.03. The van der Waals surface area contributed by atoms with Crippen LogP contribution in [-0.4, -0.2) is 30.4 Å². The van der Waals surface area contributed by atoms with Gasteiger partial charge in [0.2, 0.25) is 5.91 Å². The number of hydrogen-bond donors (Lipinski definition) is 1. The van der Waals surface area contributed by atoms with Crippen LogP contribution in [0.1, 0.15) is 36.8 Å². The summed E-state index contributed by atoms with van der Waals surface area (Å²) in [5.41, 5.74) is 1.99. The minimum absolute atomic E-state index is 0.0143. The fourth-order valence-electron chi connectivity index (χ4n) is 4.80. The first-order valence-corrected chi connectivity index (χ1v) is 10.7. The molecule has 2 aromatic carbocycles. The first-order valence-electron chi connectivity index (χ1n) is 10.3. The molecule has 0 heterocycles. The first-order chi connectivity index (χ1) is 14.8. The van der Waals surface area contributed by atoms with Gasteiger partial charge in [-0.15, -0.1) is 0 Å². The van der Waals surface area contributed by atoms with Crippen molar-refractivity contribution in [2.45, 2.75) is 44.8 Å². The number of amides is 1. The molecule has 0 unspecified atom stereocenters. The van der Waals surface area contributed by atoms with Crippen molar-refractivity contribution in [1.29, 1.82) is 0 Å². The Morgan fingerprint density at radius 3 is 2.48 bits per heavy atom. The number of benzene rings is 2. The molecule has 0 saturated heterocycles. The molecular weight excluding hydrogens is 421 g/mol. The van der Waals surface area contributed by atoms with Crippen LogP contribution < -0.4 is 10.1 Å². The summed E-state index contributed by atoms with van der Waals surface area (Å²) in [6.07, 6.45) is 2.80. The number of carbonyl (C=O) groups excluding carboxylic acids is 2. The van der Waals surface area contributed by atoms with Crippen molar-refractivity contribution in [2.24, 2.45) is 5.41 Å². The van der Waals surface area contributed by atoms with E-state index in [0.717, 1.165) is 24.8 Å². The summed E-state index contributed by atoms with van der Waals surface area (Å²) >= 11 is 5.64. The number of halogens is 2. The molecule has 2 bridgehead atoms. The lowest BCUT2D eigenvalue weighted by atomic mass is 9.38. The molecule has 5 nitrogen and oxygen atoms in total.